The van der Waals surface area contributed by atoms with Crippen LogP contribution in [0.25, 0.3) is 0 Å². The first-order valence-electron chi connectivity index (χ1n) is 5.89. The van der Waals surface area contributed by atoms with Crippen LogP contribution < -0.4 is 5.73 Å². The molecule has 0 aromatic heterocycles. The second-order valence-corrected chi connectivity index (χ2v) is 4.36. The van der Waals surface area contributed by atoms with Gasteiger partial charge in [0.05, 0.1) is 5.56 Å². The number of hydrogen-bond acceptors (Lipinski definition) is 2. The maximum atomic E-state index is 13.9. The van der Waals surface area contributed by atoms with Gasteiger partial charge in [0.25, 0.3) is 5.91 Å². The highest BCUT2D eigenvalue weighted by Crippen LogP contribution is 2.18. The van der Waals surface area contributed by atoms with Crippen LogP contribution in [0.15, 0.2) is 24.8 Å². The van der Waals surface area contributed by atoms with Gasteiger partial charge in [0.15, 0.2) is 0 Å². The highest BCUT2D eigenvalue weighted by Gasteiger charge is 2.17. The van der Waals surface area contributed by atoms with Gasteiger partial charge >= 0.3 is 0 Å². The first-order chi connectivity index (χ1) is 8.47. The van der Waals surface area contributed by atoms with Gasteiger partial charge in [-0.05, 0) is 37.5 Å². The van der Waals surface area contributed by atoms with Crippen molar-refractivity contribution < 1.29 is 9.18 Å². The highest BCUT2D eigenvalue weighted by molar-refractivity contribution is 5.95. The molecule has 0 saturated heterocycles. The Morgan fingerprint density at radius 3 is 2.83 bits per heavy atom. The van der Waals surface area contributed by atoms with Crippen LogP contribution in [0, 0.1) is 12.7 Å². The van der Waals surface area contributed by atoms with Crippen molar-refractivity contribution in [3.8, 4) is 0 Å². The molecule has 0 unspecified atom stereocenters. The molecule has 0 spiro atoms. The lowest BCUT2D eigenvalue weighted by atomic mass is 10.1. The summed E-state index contributed by atoms with van der Waals surface area (Å²) in [5.74, 6) is -0.836. The van der Waals surface area contributed by atoms with Crippen LogP contribution in [0.2, 0.25) is 0 Å². The standard InChI is InChI=1S/C14H19FN2O/c1-4-5-6-7-17(3)14(18)12-9-11(16)8-10(2)13(12)15/h4,8-9H,1,5-7,16H2,2-3H3. The summed E-state index contributed by atoms with van der Waals surface area (Å²) >= 11 is 0. The average molecular weight is 250 g/mol. The van der Waals surface area contributed by atoms with Crippen molar-refractivity contribution in [3.05, 3.63) is 41.7 Å². The van der Waals surface area contributed by atoms with E-state index in [1.54, 1.807) is 20.0 Å². The molecule has 0 atom stereocenters. The number of benzene rings is 1. The van der Waals surface area contributed by atoms with Crippen LogP contribution in [0.4, 0.5) is 10.1 Å². The van der Waals surface area contributed by atoms with Crippen LogP contribution in [0.1, 0.15) is 28.8 Å². The van der Waals surface area contributed by atoms with Crippen molar-refractivity contribution in [2.45, 2.75) is 19.8 Å². The zero-order chi connectivity index (χ0) is 13.7. The normalized spacial score (nSPS) is 10.2. The molecular weight excluding hydrogens is 231 g/mol. The number of nitrogen functional groups attached to an aromatic ring is 1. The summed E-state index contributed by atoms with van der Waals surface area (Å²) in [6, 6.07) is 2.90. The van der Waals surface area contributed by atoms with Gasteiger partial charge in [-0.3, -0.25) is 4.79 Å². The van der Waals surface area contributed by atoms with Crippen LogP contribution in [0.3, 0.4) is 0 Å². The third-order valence-corrected chi connectivity index (χ3v) is 2.76. The zero-order valence-electron chi connectivity index (χ0n) is 10.9. The first kappa shape index (κ1) is 14.2. The molecule has 0 saturated carbocycles. The van der Waals surface area contributed by atoms with E-state index in [1.165, 1.54) is 17.0 Å². The van der Waals surface area contributed by atoms with Crippen molar-refractivity contribution >= 4 is 11.6 Å². The summed E-state index contributed by atoms with van der Waals surface area (Å²) in [4.78, 5) is 13.6. The molecule has 1 aromatic carbocycles. The molecule has 1 rings (SSSR count). The smallest absolute Gasteiger partial charge is 0.256 e. The fourth-order valence-electron chi connectivity index (χ4n) is 1.73. The number of hydrogen-bond donors (Lipinski definition) is 1. The van der Waals surface area contributed by atoms with E-state index in [0.717, 1.165) is 12.8 Å². The fraction of sp³-hybridized carbons (Fsp3) is 0.357. The summed E-state index contributed by atoms with van der Waals surface area (Å²) in [6.07, 6.45) is 3.44. The van der Waals surface area contributed by atoms with Gasteiger partial charge in [0.2, 0.25) is 0 Å². The van der Waals surface area contributed by atoms with Crippen molar-refractivity contribution in [2.24, 2.45) is 0 Å². The lowest BCUT2D eigenvalue weighted by Gasteiger charge is -2.18. The molecule has 0 aliphatic carbocycles. The van der Waals surface area contributed by atoms with Crippen molar-refractivity contribution in [1.29, 1.82) is 0 Å². The monoisotopic (exact) mass is 250 g/mol. The number of rotatable bonds is 5. The molecule has 98 valence electrons. The van der Waals surface area contributed by atoms with E-state index in [2.05, 4.69) is 6.58 Å². The summed E-state index contributed by atoms with van der Waals surface area (Å²) in [6.45, 7) is 5.78. The van der Waals surface area contributed by atoms with E-state index in [0.29, 0.717) is 17.8 Å². The average Bonchev–Trinajstić information content (AvgIpc) is 2.33. The second kappa shape index (κ2) is 6.19. The minimum atomic E-state index is -0.496. The molecule has 2 N–H and O–H groups in total. The Bertz CT molecular complexity index is 457. The van der Waals surface area contributed by atoms with Crippen molar-refractivity contribution in [2.75, 3.05) is 19.3 Å². The maximum absolute atomic E-state index is 13.9. The molecule has 1 aromatic rings. The molecule has 0 fully saturated rings. The third-order valence-electron chi connectivity index (χ3n) is 2.76. The van der Waals surface area contributed by atoms with Gasteiger partial charge in [-0.25, -0.2) is 4.39 Å². The number of allylic oxidation sites excluding steroid dienone is 1. The maximum Gasteiger partial charge on any atom is 0.256 e. The summed E-state index contributed by atoms with van der Waals surface area (Å²) in [5.41, 5.74) is 6.46. The molecule has 0 aliphatic rings. The minimum absolute atomic E-state index is 0.0357. The highest BCUT2D eigenvalue weighted by atomic mass is 19.1. The van der Waals surface area contributed by atoms with Crippen LogP contribution in [-0.4, -0.2) is 24.4 Å². The van der Waals surface area contributed by atoms with Crippen LogP contribution >= 0.6 is 0 Å². The molecule has 1 amide bonds. The van der Waals surface area contributed by atoms with E-state index >= 15 is 0 Å². The molecule has 0 bridgehead atoms. The van der Waals surface area contributed by atoms with E-state index in [-0.39, 0.29) is 11.5 Å². The van der Waals surface area contributed by atoms with Gasteiger partial charge in [0.1, 0.15) is 5.82 Å². The fourth-order valence-corrected chi connectivity index (χ4v) is 1.73. The molecule has 0 heterocycles. The SMILES string of the molecule is C=CCCCN(C)C(=O)c1cc(N)cc(C)c1F. The van der Waals surface area contributed by atoms with E-state index in [1.807, 2.05) is 0 Å². The molecule has 3 nitrogen and oxygen atoms in total. The molecule has 0 aliphatic heterocycles. The molecule has 4 heteroatoms. The number of carbonyl (C=O) groups is 1. The van der Waals surface area contributed by atoms with Gasteiger partial charge < -0.3 is 10.6 Å². The van der Waals surface area contributed by atoms with Gasteiger partial charge in [0, 0.05) is 19.3 Å². The summed E-state index contributed by atoms with van der Waals surface area (Å²) < 4.78 is 13.9. The van der Waals surface area contributed by atoms with Gasteiger partial charge in [-0.2, -0.15) is 0 Å². The lowest BCUT2D eigenvalue weighted by Crippen LogP contribution is -2.28. The Morgan fingerprint density at radius 1 is 1.56 bits per heavy atom. The number of halogens is 1. The van der Waals surface area contributed by atoms with E-state index < -0.39 is 5.82 Å². The third kappa shape index (κ3) is 3.32. The Morgan fingerprint density at radius 2 is 2.22 bits per heavy atom. The number of nitrogens with zero attached hydrogens (tertiary/aromatic N) is 1. The number of aryl methyl sites for hydroxylation is 1. The molecule has 18 heavy (non-hydrogen) atoms. The molecular formula is C14H19FN2O. The Balaban J connectivity index is 2.86. The predicted octanol–water partition coefficient (Wildman–Crippen LogP) is 2.75. The van der Waals surface area contributed by atoms with E-state index in [4.69, 9.17) is 5.73 Å². The Kier molecular flexibility index (Phi) is 4.89. The number of unbranched alkanes of at least 4 members (excludes halogenated alkanes) is 1. The topological polar surface area (TPSA) is 46.3 Å². The van der Waals surface area contributed by atoms with Crippen LogP contribution in [0.5, 0.6) is 0 Å². The summed E-state index contributed by atoms with van der Waals surface area (Å²) in [5, 5.41) is 0. The van der Waals surface area contributed by atoms with Crippen LogP contribution in [-0.2, 0) is 0 Å². The first-order valence-corrected chi connectivity index (χ1v) is 5.89. The number of nitrogens with two attached hydrogens (primary N) is 1. The Hall–Kier alpha value is -1.84. The van der Waals surface area contributed by atoms with Gasteiger partial charge in [-0.15, -0.1) is 6.58 Å². The minimum Gasteiger partial charge on any atom is -0.399 e. The van der Waals surface area contributed by atoms with E-state index in [9.17, 15) is 9.18 Å². The Labute approximate surface area is 107 Å². The van der Waals surface area contributed by atoms with Gasteiger partial charge in [-0.1, -0.05) is 6.08 Å². The predicted molar refractivity (Wildman–Crippen MR) is 71.9 cm³/mol. The second-order valence-electron chi connectivity index (χ2n) is 4.36. The lowest BCUT2D eigenvalue weighted by molar-refractivity contribution is 0.0789. The molecule has 0 radical (unpaired) electrons. The number of amides is 1. The van der Waals surface area contributed by atoms with Crippen molar-refractivity contribution in [1.82, 2.24) is 4.90 Å². The van der Waals surface area contributed by atoms with Crippen molar-refractivity contribution in [3.63, 3.8) is 0 Å². The zero-order valence-corrected chi connectivity index (χ0v) is 10.9. The quantitative estimate of drug-likeness (QED) is 0.496. The largest absolute Gasteiger partial charge is 0.399 e. The number of anilines is 1. The summed E-state index contributed by atoms with van der Waals surface area (Å²) in [7, 11) is 1.66. The number of carbonyl (C=O) groups excluding carboxylic acids is 1.